The first-order valence-electron chi connectivity index (χ1n) is 19.4. The van der Waals surface area contributed by atoms with E-state index in [-0.39, 0.29) is 25.6 Å². The Balaban J connectivity index is 2.31. The Morgan fingerprint density at radius 2 is 1.17 bits per heavy atom. The zero-order valence-corrected chi connectivity index (χ0v) is 33.1. The fraction of sp³-hybridized carbons (Fsp3) is 0.946. The summed E-state index contributed by atoms with van der Waals surface area (Å²) in [6, 6.07) is 0. The van der Waals surface area contributed by atoms with E-state index < -0.39 is 26.5 Å². The molecule has 1 saturated heterocycles. The molecule has 0 aromatic heterocycles. The summed E-state index contributed by atoms with van der Waals surface area (Å²) < 4.78 is 34.2. The van der Waals surface area contributed by atoms with Crippen LogP contribution in [0.4, 0.5) is 0 Å². The van der Waals surface area contributed by atoms with Gasteiger partial charge in [0, 0.05) is 23.3 Å². The van der Waals surface area contributed by atoms with Crippen LogP contribution in [0.3, 0.4) is 0 Å². The van der Waals surface area contributed by atoms with E-state index in [1.807, 2.05) is 21.1 Å². The van der Waals surface area contributed by atoms with Crippen molar-refractivity contribution in [2.75, 3.05) is 47.5 Å². The quantitative estimate of drug-likeness (QED) is 0.0228. The van der Waals surface area contributed by atoms with Gasteiger partial charge in [0.05, 0.1) is 27.7 Å². The van der Waals surface area contributed by atoms with Crippen molar-refractivity contribution in [3.8, 4) is 0 Å². The predicted octanol–water partition coefficient (Wildman–Crippen LogP) is 9.78. The maximum atomic E-state index is 12.6. The number of hydrogen-bond donors (Lipinski definition) is 1. The lowest BCUT2D eigenvalue weighted by Crippen LogP contribution is -2.37. The number of nitrogens with zero attached hydrogens (tertiary/aromatic N) is 1. The van der Waals surface area contributed by atoms with E-state index in [9.17, 15) is 19.0 Å². The van der Waals surface area contributed by atoms with E-state index in [4.69, 9.17) is 18.5 Å². The van der Waals surface area contributed by atoms with Gasteiger partial charge in [-0.15, -0.1) is 0 Å². The van der Waals surface area contributed by atoms with Crippen molar-refractivity contribution < 1.29 is 42.1 Å². The molecule has 0 spiro atoms. The minimum absolute atomic E-state index is 0.0364. The molecule has 9 nitrogen and oxygen atoms in total. The van der Waals surface area contributed by atoms with Gasteiger partial charge in [-0.25, -0.2) is 4.57 Å². The lowest BCUT2D eigenvalue weighted by Gasteiger charge is -2.24. The van der Waals surface area contributed by atoms with Gasteiger partial charge in [-0.2, -0.15) is 11.8 Å². The van der Waals surface area contributed by atoms with Gasteiger partial charge in [-0.3, -0.25) is 18.6 Å². The molecule has 0 aliphatic carbocycles. The van der Waals surface area contributed by atoms with Crippen LogP contribution in [0.15, 0.2) is 0 Å². The topological polar surface area (TPSA) is 108 Å². The fourth-order valence-corrected chi connectivity index (χ4v) is 7.71. The monoisotopic (exact) mass is 722 g/mol. The van der Waals surface area contributed by atoms with Gasteiger partial charge >= 0.3 is 19.8 Å². The molecule has 1 fully saturated rings. The lowest BCUT2D eigenvalue weighted by molar-refractivity contribution is -0.870. The molecule has 1 unspecified atom stereocenters. The number of quaternary nitrogens is 1. The number of hydrogen-bond acceptors (Lipinski definition) is 8. The molecule has 1 rings (SSSR count). The van der Waals surface area contributed by atoms with E-state index in [0.29, 0.717) is 17.4 Å². The second-order valence-corrected chi connectivity index (χ2v) is 17.6. The highest BCUT2D eigenvalue weighted by molar-refractivity contribution is 8.07. The Bertz CT molecular complexity index is 871. The molecule has 0 aromatic rings. The summed E-state index contributed by atoms with van der Waals surface area (Å²) in [4.78, 5) is 35.2. The van der Waals surface area contributed by atoms with Crippen molar-refractivity contribution in [3.05, 3.63) is 0 Å². The standard InChI is InChI=1S/C37H72NO8PS/c1-6-8-9-10-11-12-13-14-15-16-20-23-27-36(39)43-31-33(32-45-47(41,42)44-30-29-38(3,4)5)46-37(40)28-24-21-18-17-19-22-26-35-34(48-35)25-7-2/h33-35H,6-32H2,1-5H3/p+1/t33-,34-,35-/m0/s1. The van der Waals surface area contributed by atoms with Crippen molar-refractivity contribution in [1.29, 1.82) is 0 Å². The van der Waals surface area contributed by atoms with E-state index >= 15 is 0 Å². The van der Waals surface area contributed by atoms with Crippen LogP contribution in [-0.4, -0.2) is 85.4 Å². The molecule has 1 heterocycles. The summed E-state index contributed by atoms with van der Waals surface area (Å²) in [7, 11) is 1.49. The molecule has 0 bridgehead atoms. The Labute approximate surface area is 298 Å². The zero-order valence-electron chi connectivity index (χ0n) is 31.4. The van der Waals surface area contributed by atoms with Crippen molar-refractivity contribution in [3.63, 3.8) is 0 Å². The molecule has 1 aliphatic rings. The second kappa shape index (κ2) is 28.0. The van der Waals surface area contributed by atoms with Crippen molar-refractivity contribution in [2.24, 2.45) is 0 Å². The molecule has 48 heavy (non-hydrogen) atoms. The smallest absolute Gasteiger partial charge is 0.462 e. The molecule has 0 saturated carbocycles. The number of carbonyl (C=O) groups excluding carboxylic acids is 2. The Morgan fingerprint density at radius 1 is 0.667 bits per heavy atom. The Hall–Kier alpha value is -0.640. The summed E-state index contributed by atoms with van der Waals surface area (Å²) in [6.45, 7) is 4.44. The van der Waals surface area contributed by atoms with Gasteiger partial charge in [0.2, 0.25) is 0 Å². The summed E-state index contributed by atoms with van der Waals surface area (Å²) in [5.41, 5.74) is 0. The van der Waals surface area contributed by atoms with Crippen LogP contribution in [-0.2, 0) is 32.7 Å². The number of unbranched alkanes of at least 4 members (excludes halogenated alkanes) is 16. The van der Waals surface area contributed by atoms with Crippen molar-refractivity contribution in [1.82, 2.24) is 0 Å². The summed E-state index contributed by atoms with van der Waals surface area (Å²) in [5.74, 6) is -0.789. The van der Waals surface area contributed by atoms with Crippen LogP contribution < -0.4 is 0 Å². The van der Waals surface area contributed by atoms with Crippen molar-refractivity contribution >= 4 is 31.5 Å². The van der Waals surface area contributed by atoms with Crippen LogP contribution in [0, 0.1) is 0 Å². The summed E-state index contributed by atoms with van der Waals surface area (Å²) in [5, 5.41) is 1.79. The van der Waals surface area contributed by atoms with Gasteiger partial charge in [-0.05, 0) is 25.7 Å². The highest BCUT2D eigenvalue weighted by atomic mass is 32.2. The minimum atomic E-state index is -4.36. The van der Waals surface area contributed by atoms with Gasteiger partial charge in [0.15, 0.2) is 6.10 Å². The molecule has 0 amide bonds. The third-order valence-corrected chi connectivity index (χ3v) is 11.3. The normalized spacial score (nSPS) is 18.0. The average Bonchev–Trinajstić information content (AvgIpc) is 3.77. The van der Waals surface area contributed by atoms with Gasteiger partial charge < -0.3 is 18.9 Å². The number of thioether (sulfide) groups is 1. The molecular weight excluding hydrogens is 649 g/mol. The zero-order chi connectivity index (χ0) is 35.5. The number of carbonyl (C=O) groups is 2. The fourth-order valence-electron chi connectivity index (χ4n) is 5.67. The predicted molar refractivity (Wildman–Crippen MR) is 198 cm³/mol. The highest BCUT2D eigenvalue weighted by Crippen LogP contribution is 2.47. The van der Waals surface area contributed by atoms with Crippen LogP contribution in [0.5, 0.6) is 0 Å². The maximum absolute atomic E-state index is 12.6. The number of esters is 2. The first-order valence-corrected chi connectivity index (χ1v) is 21.8. The third kappa shape index (κ3) is 28.1. The van der Waals surface area contributed by atoms with Crippen LogP contribution >= 0.6 is 19.6 Å². The van der Waals surface area contributed by atoms with E-state index in [1.165, 1.54) is 96.3 Å². The first kappa shape index (κ1) is 45.4. The molecule has 1 N–H and O–H groups in total. The SMILES string of the molecule is CCCCCCCCCCCCCCC(=O)OC[C@@H](COP(=O)(O)OCC[N+](C)(C)C)OC(=O)CCCCCCCC[C@@H]1S[C@H]1CCC. The van der Waals surface area contributed by atoms with E-state index in [1.54, 1.807) is 0 Å². The lowest BCUT2D eigenvalue weighted by atomic mass is 10.0. The third-order valence-electron chi connectivity index (χ3n) is 8.78. The summed E-state index contributed by atoms with van der Waals surface area (Å²) in [6.07, 6.45) is 24.5. The molecule has 0 radical (unpaired) electrons. The first-order chi connectivity index (χ1) is 23.0. The Kier molecular flexibility index (Phi) is 26.5. The highest BCUT2D eigenvalue weighted by Gasteiger charge is 2.36. The van der Waals surface area contributed by atoms with Gasteiger partial charge in [0.1, 0.15) is 19.8 Å². The number of rotatable bonds is 34. The maximum Gasteiger partial charge on any atom is 0.472 e. The second-order valence-electron chi connectivity index (χ2n) is 14.7. The molecule has 4 atom stereocenters. The number of likely N-dealkylation sites (N-methyl/N-ethyl adjacent to an activating group) is 1. The molecular formula is C37H73NO8PS+. The van der Waals surface area contributed by atoms with Crippen molar-refractivity contribution in [2.45, 2.75) is 178 Å². The average molecular weight is 723 g/mol. The molecule has 11 heteroatoms. The Morgan fingerprint density at radius 3 is 1.71 bits per heavy atom. The molecule has 1 aliphatic heterocycles. The van der Waals surface area contributed by atoms with Crippen LogP contribution in [0.25, 0.3) is 0 Å². The molecule has 284 valence electrons. The summed E-state index contributed by atoms with van der Waals surface area (Å²) >= 11 is 2.14. The largest absolute Gasteiger partial charge is 0.472 e. The van der Waals surface area contributed by atoms with E-state index in [0.717, 1.165) is 49.0 Å². The molecule has 0 aromatic carbocycles. The number of phosphoric ester groups is 1. The van der Waals surface area contributed by atoms with E-state index in [2.05, 4.69) is 25.6 Å². The van der Waals surface area contributed by atoms with Gasteiger partial charge in [0.25, 0.3) is 0 Å². The number of phosphoric acid groups is 1. The minimum Gasteiger partial charge on any atom is -0.462 e. The van der Waals surface area contributed by atoms with Gasteiger partial charge in [-0.1, -0.05) is 123 Å². The van der Waals surface area contributed by atoms with Crippen LogP contribution in [0.2, 0.25) is 0 Å². The van der Waals surface area contributed by atoms with Crippen LogP contribution in [0.1, 0.15) is 162 Å². The number of ether oxygens (including phenoxy) is 2.